The van der Waals surface area contributed by atoms with Crippen molar-refractivity contribution in [1.29, 1.82) is 0 Å². The third-order valence-corrected chi connectivity index (χ3v) is 4.77. The Labute approximate surface area is 102 Å². The summed E-state index contributed by atoms with van der Waals surface area (Å²) < 4.78 is 0. The van der Waals surface area contributed by atoms with E-state index in [0.29, 0.717) is 11.5 Å². The maximum absolute atomic E-state index is 6.13. The second-order valence-electron chi connectivity index (χ2n) is 5.25. The van der Waals surface area contributed by atoms with Crippen molar-refractivity contribution in [3.8, 4) is 0 Å². The van der Waals surface area contributed by atoms with E-state index in [-0.39, 0.29) is 0 Å². The van der Waals surface area contributed by atoms with Crippen LogP contribution in [0.4, 0.5) is 0 Å². The molecule has 0 radical (unpaired) electrons. The van der Waals surface area contributed by atoms with E-state index in [0.717, 1.165) is 5.02 Å². The fourth-order valence-electron chi connectivity index (χ4n) is 3.44. The molecule has 0 saturated heterocycles. The second-order valence-corrected chi connectivity index (χ2v) is 5.68. The van der Waals surface area contributed by atoms with E-state index < -0.39 is 0 Å². The van der Waals surface area contributed by atoms with Gasteiger partial charge in [0.1, 0.15) is 0 Å². The largest absolute Gasteiger partial charge is 0.313 e. The molecule has 1 N–H and O–H groups in total. The van der Waals surface area contributed by atoms with Crippen molar-refractivity contribution in [3.63, 3.8) is 0 Å². The minimum Gasteiger partial charge on any atom is -0.313 e. The first-order chi connectivity index (χ1) is 7.75. The molecule has 0 aromatic heterocycles. The zero-order valence-corrected chi connectivity index (χ0v) is 10.5. The molecule has 0 amide bonds. The van der Waals surface area contributed by atoms with Gasteiger partial charge in [0.15, 0.2) is 0 Å². The van der Waals surface area contributed by atoms with Crippen molar-refractivity contribution in [2.75, 3.05) is 7.05 Å². The highest BCUT2D eigenvalue weighted by atomic mass is 35.5. The van der Waals surface area contributed by atoms with Gasteiger partial charge in [0.05, 0.1) is 0 Å². The predicted octanol–water partition coefficient (Wildman–Crippen LogP) is 3.82. The molecule has 16 heavy (non-hydrogen) atoms. The van der Waals surface area contributed by atoms with Gasteiger partial charge in [-0.05, 0) is 61.4 Å². The lowest BCUT2D eigenvalue weighted by molar-refractivity contribution is 0.194. The minimum absolute atomic E-state index is 0.500. The monoisotopic (exact) mass is 235 g/mol. The van der Waals surface area contributed by atoms with Crippen LogP contribution in [-0.4, -0.2) is 7.05 Å². The summed E-state index contributed by atoms with van der Waals surface area (Å²) in [5.74, 6) is 0. The van der Waals surface area contributed by atoms with Gasteiger partial charge in [0.25, 0.3) is 0 Å². The summed E-state index contributed by atoms with van der Waals surface area (Å²) in [7, 11) is 2.05. The summed E-state index contributed by atoms with van der Waals surface area (Å²) >= 11 is 6.13. The molecule has 86 valence electrons. The van der Waals surface area contributed by atoms with E-state index in [1.807, 2.05) is 7.05 Å². The van der Waals surface area contributed by atoms with Crippen molar-refractivity contribution >= 4 is 11.6 Å². The molecule has 2 heteroatoms. The lowest BCUT2D eigenvalue weighted by Crippen LogP contribution is -2.40. The Morgan fingerprint density at radius 1 is 1.31 bits per heavy atom. The molecule has 0 heterocycles. The van der Waals surface area contributed by atoms with Crippen molar-refractivity contribution in [2.24, 2.45) is 0 Å². The number of halogens is 1. The number of rotatable bonds is 1. The standard InChI is InChI=1S/C14H18ClN/c1-16-13-5-8-14(6-2-7-14)12-4-3-10(15)9-11(12)13/h3-4,9,13,16H,2,5-8H2,1H3. The van der Waals surface area contributed by atoms with Crippen LogP contribution in [0.1, 0.15) is 49.3 Å². The van der Waals surface area contributed by atoms with Crippen LogP contribution < -0.4 is 5.32 Å². The summed E-state index contributed by atoms with van der Waals surface area (Å²) in [5.41, 5.74) is 3.52. The first kappa shape index (κ1) is 10.6. The van der Waals surface area contributed by atoms with Crippen LogP contribution in [0.5, 0.6) is 0 Å². The third kappa shape index (κ3) is 1.42. The predicted molar refractivity (Wildman–Crippen MR) is 68.0 cm³/mol. The van der Waals surface area contributed by atoms with Gasteiger partial charge in [0, 0.05) is 11.1 Å². The molecule has 1 spiro atoms. The molecule has 0 bridgehead atoms. The Balaban J connectivity index is 2.10. The van der Waals surface area contributed by atoms with Crippen LogP contribution in [-0.2, 0) is 5.41 Å². The summed E-state index contributed by atoms with van der Waals surface area (Å²) in [5, 5.41) is 4.29. The molecule has 1 saturated carbocycles. The van der Waals surface area contributed by atoms with Crippen molar-refractivity contribution in [1.82, 2.24) is 5.32 Å². The lowest BCUT2D eigenvalue weighted by atomic mass is 9.57. The van der Waals surface area contributed by atoms with E-state index >= 15 is 0 Å². The summed E-state index contributed by atoms with van der Waals surface area (Å²) in [6, 6.07) is 6.98. The maximum atomic E-state index is 6.13. The smallest absolute Gasteiger partial charge is 0.0409 e. The Kier molecular flexibility index (Phi) is 2.49. The zero-order chi connectivity index (χ0) is 11.2. The van der Waals surface area contributed by atoms with Gasteiger partial charge in [-0.1, -0.05) is 24.1 Å². The van der Waals surface area contributed by atoms with Gasteiger partial charge >= 0.3 is 0 Å². The third-order valence-electron chi connectivity index (χ3n) is 4.53. The first-order valence-electron chi connectivity index (χ1n) is 6.22. The van der Waals surface area contributed by atoms with Crippen LogP contribution in [0, 0.1) is 0 Å². The molecular weight excluding hydrogens is 218 g/mol. The van der Waals surface area contributed by atoms with Gasteiger partial charge in [0.2, 0.25) is 0 Å². The highest BCUT2D eigenvalue weighted by Gasteiger charge is 2.43. The Morgan fingerprint density at radius 3 is 2.75 bits per heavy atom. The minimum atomic E-state index is 0.500. The Hall–Kier alpha value is -0.530. The van der Waals surface area contributed by atoms with Gasteiger partial charge < -0.3 is 5.32 Å². The second kappa shape index (κ2) is 3.75. The van der Waals surface area contributed by atoms with Crippen LogP contribution in [0.2, 0.25) is 5.02 Å². The van der Waals surface area contributed by atoms with Crippen molar-refractivity contribution in [3.05, 3.63) is 34.3 Å². The first-order valence-corrected chi connectivity index (χ1v) is 6.60. The molecule has 1 aromatic carbocycles. The summed E-state index contributed by atoms with van der Waals surface area (Å²) in [6.07, 6.45) is 6.74. The van der Waals surface area contributed by atoms with Crippen LogP contribution in [0.3, 0.4) is 0 Å². The molecule has 0 aliphatic heterocycles. The normalized spacial score (nSPS) is 26.2. The molecule has 1 unspecified atom stereocenters. The van der Waals surface area contributed by atoms with Gasteiger partial charge in [-0.15, -0.1) is 0 Å². The fourth-order valence-corrected chi connectivity index (χ4v) is 3.62. The highest BCUT2D eigenvalue weighted by molar-refractivity contribution is 6.30. The van der Waals surface area contributed by atoms with E-state index in [1.165, 1.54) is 37.7 Å². The molecule has 1 aromatic rings. The van der Waals surface area contributed by atoms with Gasteiger partial charge in [-0.25, -0.2) is 0 Å². The molecule has 2 aliphatic rings. The number of fused-ring (bicyclic) bond motifs is 2. The van der Waals surface area contributed by atoms with E-state index in [2.05, 4.69) is 23.5 Å². The van der Waals surface area contributed by atoms with Crippen molar-refractivity contribution < 1.29 is 0 Å². The molecular formula is C14H18ClN. The SMILES string of the molecule is CNC1CCC2(CCC2)c2ccc(Cl)cc21. The number of benzene rings is 1. The van der Waals surface area contributed by atoms with E-state index in [9.17, 15) is 0 Å². The fraction of sp³-hybridized carbons (Fsp3) is 0.571. The summed E-state index contributed by atoms with van der Waals surface area (Å²) in [6.45, 7) is 0. The van der Waals surface area contributed by atoms with Gasteiger partial charge in [-0.2, -0.15) is 0 Å². The molecule has 2 aliphatic carbocycles. The van der Waals surface area contributed by atoms with Crippen molar-refractivity contribution in [2.45, 2.75) is 43.6 Å². The van der Waals surface area contributed by atoms with Gasteiger partial charge in [-0.3, -0.25) is 0 Å². The molecule has 3 rings (SSSR count). The highest BCUT2D eigenvalue weighted by Crippen LogP contribution is 2.53. The number of hydrogen-bond acceptors (Lipinski definition) is 1. The quantitative estimate of drug-likeness (QED) is 0.781. The number of hydrogen-bond donors (Lipinski definition) is 1. The van der Waals surface area contributed by atoms with E-state index in [4.69, 9.17) is 11.6 Å². The topological polar surface area (TPSA) is 12.0 Å². The summed E-state index contributed by atoms with van der Waals surface area (Å²) in [4.78, 5) is 0. The Morgan fingerprint density at radius 2 is 2.12 bits per heavy atom. The molecule has 1 nitrogen and oxygen atoms in total. The Bertz CT molecular complexity index is 409. The lowest BCUT2D eigenvalue weighted by Gasteiger charge is -2.48. The van der Waals surface area contributed by atoms with Crippen LogP contribution >= 0.6 is 11.6 Å². The maximum Gasteiger partial charge on any atom is 0.0409 e. The average molecular weight is 236 g/mol. The van der Waals surface area contributed by atoms with Crippen LogP contribution in [0.25, 0.3) is 0 Å². The molecule has 1 fully saturated rings. The zero-order valence-electron chi connectivity index (χ0n) is 9.72. The van der Waals surface area contributed by atoms with E-state index in [1.54, 1.807) is 5.56 Å². The number of nitrogens with one attached hydrogen (secondary N) is 1. The average Bonchev–Trinajstić information content (AvgIpc) is 2.25. The van der Waals surface area contributed by atoms with Crippen LogP contribution in [0.15, 0.2) is 18.2 Å². The molecule has 1 atom stereocenters.